The van der Waals surface area contributed by atoms with Gasteiger partial charge in [0.25, 0.3) is 0 Å². The van der Waals surface area contributed by atoms with Crippen LogP contribution in [-0.2, 0) is 18.3 Å². The van der Waals surface area contributed by atoms with E-state index in [1.54, 1.807) is 11.3 Å². The average Bonchev–Trinajstić information content (AvgIpc) is 3.30. The summed E-state index contributed by atoms with van der Waals surface area (Å²) in [6.45, 7) is 3.64. The quantitative estimate of drug-likeness (QED) is 0.911. The van der Waals surface area contributed by atoms with Gasteiger partial charge >= 0.3 is 0 Å². The van der Waals surface area contributed by atoms with E-state index in [0.29, 0.717) is 0 Å². The van der Waals surface area contributed by atoms with E-state index in [1.165, 1.54) is 10.6 Å². The first-order valence-electron chi connectivity index (χ1n) is 8.96. The molecule has 1 fully saturated rings. The van der Waals surface area contributed by atoms with Gasteiger partial charge in [0, 0.05) is 39.3 Å². The molecule has 3 atom stereocenters. The molecule has 1 amide bonds. The molecule has 0 saturated carbocycles. The molecule has 1 saturated heterocycles. The lowest BCUT2D eigenvalue weighted by atomic mass is 9.88. The highest BCUT2D eigenvalue weighted by Gasteiger charge is 2.39. The number of aromatic nitrogens is 3. The molecule has 0 aromatic carbocycles. The first kappa shape index (κ1) is 16.7. The zero-order valence-corrected chi connectivity index (χ0v) is 15.8. The highest BCUT2D eigenvalue weighted by Crippen LogP contribution is 2.39. The second-order valence-corrected chi connectivity index (χ2v) is 8.45. The summed E-state index contributed by atoms with van der Waals surface area (Å²) in [4.78, 5) is 21.2. The average molecular weight is 359 g/mol. The number of carbonyl (C=O) groups excluding carboxylic acids is 1. The molecule has 2 aromatic rings. The lowest BCUT2D eigenvalue weighted by molar-refractivity contribution is -0.136. The number of carbonyl (C=O) groups is 1. The maximum atomic E-state index is 13.3. The molecule has 3 heterocycles. The number of amides is 1. The molecule has 4 rings (SSSR count). The Morgan fingerprint density at radius 1 is 1.44 bits per heavy atom. The molecule has 25 heavy (non-hydrogen) atoms. The summed E-state index contributed by atoms with van der Waals surface area (Å²) in [7, 11) is 3.89. The van der Waals surface area contributed by atoms with E-state index in [-0.39, 0.29) is 23.8 Å². The Kier molecular flexibility index (Phi) is 4.37. The van der Waals surface area contributed by atoms with Crippen LogP contribution in [0, 0.1) is 12.8 Å². The summed E-state index contributed by atoms with van der Waals surface area (Å²) >= 11 is 1.75. The van der Waals surface area contributed by atoms with Crippen LogP contribution >= 0.6 is 11.3 Å². The lowest BCUT2D eigenvalue weighted by Gasteiger charge is -2.33. The van der Waals surface area contributed by atoms with Crippen LogP contribution in [0.4, 0.5) is 0 Å². The second-order valence-electron chi connectivity index (χ2n) is 7.22. The van der Waals surface area contributed by atoms with E-state index in [0.717, 1.165) is 42.9 Å². The number of rotatable bonds is 3. The van der Waals surface area contributed by atoms with Crippen LogP contribution in [0.2, 0.25) is 0 Å². The molecular weight excluding hydrogens is 334 g/mol. The topological polar surface area (TPSA) is 63.1 Å². The van der Waals surface area contributed by atoms with Gasteiger partial charge in [-0.15, -0.1) is 11.3 Å². The third kappa shape index (κ3) is 3.00. The van der Waals surface area contributed by atoms with Crippen LogP contribution < -0.4 is 5.32 Å². The van der Waals surface area contributed by atoms with Crippen LogP contribution in [0.25, 0.3) is 0 Å². The first-order chi connectivity index (χ1) is 12.0. The summed E-state index contributed by atoms with van der Waals surface area (Å²) in [5.41, 5.74) is 2.35. The van der Waals surface area contributed by atoms with Gasteiger partial charge < -0.3 is 10.2 Å². The number of nitrogens with zero attached hydrogens (tertiary/aromatic N) is 4. The minimum atomic E-state index is -0.0198. The highest BCUT2D eigenvalue weighted by molar-refractivity contribution is 7.11. The van der Waals surface area contributed by atoms with E-state index >= 15 is 0 Å². The fraction of sp³-hybridized carbons (Fsp3) is 0.611. The predicted molar refractivity (Wildman–Crippen MR) is 97.6 cm³/mol. The molecule has 0 bridgehead atoms. The van der Waals surface area contributed by atoms with Gasteiger partial charge in [0.05, 0.1) is 33.7 Å². The Labute approximate surface area is 152 Å². The van der Waals surface area contributed by atoms with E-state index in [9.17, 15) is 4.79 Å². The maximum absolute atomic E-state index is 13.3. The standard InChI is InChI=1S/C18H25N5OS/c1-11-21-15-5-4-6-16(17(15)25-11)23(3)18(24)14-9-19-8-13(14)12-7-20-22(2)10-12/h7,10,13-14,16,19H,4-6,8-9H2,1-3H3/t13-,14+,16?/m1/s1. The molecule has 1 aliphatic carbocycles. The number of hydrogen-bond donors (Lipinski definition) is 1. The van der Waals surface area contributed by atoms with Crippen molar-refractivity contribution in [1.82, 2.24) is 25.0 Å². The molecular formula is C18H25N5OS. The molecule has 7 heteroatoms. The van der Waals surface area contributed by atoms with Crippen molar-refractivity contribution in [1.29, 1.82) is 0 Å². The summed E-state index contributed by atoms with van der Waals surface area (Å²) in [5.74, 6) is 0.422. The molecule has 1 aliphatic heterocycles. The van der Waals surface area contributed by atoms with Crippen molar-refractivity contribution in [2.75, 3.05) is 20.1 Å². The summed E-state index contributed by atoms with van der Waals surface area (Å²) in [5, 5.41) is 8.78. The van der Waals surface area contributed by atoms with Crippen molar-refractivity contribution in [3.63, 3.8) is 0 Å². The Bertz CT molecular complexity index is 782. The number of fused-ring (bicyclic) bond motifs is 1. The fourth-order valence-electron chi connectivity index (χ4n) is 4.22. The zero-order valence-electron chi connectivity index (χ0n) is 15.0. The molecule has 1 N–H and O–H groups in total. The predicted octanol–water partition coefficient (Wildman–Crippen LogP) is 2.02. The number of thiazole rings is 1. The summed E-state index contributed by atoms with van der Waals surface area (Å²) in [6, 6.07) is 0.178. The largest absolute Gasteiger partial charge is 0.338 e. The van der Waals surface area contributed by atoms with Gasteiger partial charge in [-0.25, -0.2) is 4.98 Å². The minimum absolute atomic E-state index is 0.0198. The molecule has 1 unspecified atom stereocenters. The van der Waals surface area contributed by atoms with Crippen molar-refractivity contribution in [2.45, 2.75) is 38.1 Å². The maximum Gasteiger partial charge on any atom is 0.227 e. The fourth-order valence-corrected chi connectivity index (χ4v) is 5.38. The van der Waals surface area contributed by atoms with E-state index in [1.807, 2.05) is 36.1 Å². The zero-order chi connectivity index (χ0) is 17.6. The molecule has 134 valence electrons. The van der Waals surface area contributed by atoms with Crippen LogP contribution in [0.5, 0.6) is 0 Å². The van der Waals surface area contributed by atoms with Crippen molar-refractivity contribution in [3.8, 4) is 0 Å². The van der Waals surface area contributed by atoms with Crippen molar-refractivity contribution >= 4 is 17.2 Å². The van der Waals surface area contributed by atoms with E-state index in [4.69, 9.17) is 0 Å². The molecule has 2 aromatic heterocycles. The van der Waals surface area contributed by atoms with Gasteiger partial charge in [0.2, 0.25) is 5.91 Å². The first-order valence-corrected chi connectivity index (χ1v) is 9.78. The smallest absolute Gasteiger partial charge is 0.227 e. The lowest BCUT2D eigenvalue weighted by Crippen LogP contribution is -2.39. The minimum Gasteiger partial charge on any atom is -0.338 e. The summed E-state index contributed by atoms with van der Waals surface area (Å²) in [6.07, 6.45) is 7.11. The van der Waals surface area contributed by atoms with Gasteiger partial charge in [-0.3, -0.25) is 9.48 Å². The van der Waals surface area contributed by atoms with Crippen LogP contribution in [0.15, 0.2) is 12.4 Å². The monoisotopic (exact) mass is 359 g/mol. The van der Waals surface area contributed by atoms with Gasteiger partial charge in [-0.2, -0.15) is 5.10 Å². The number of aryl methyl sites for hydroxylation is 3. The van der Waals surface area contributed by atoms with Crippen molar-refractivity contribution < 1.29 is 4.79 Å². The third-order valence-corrected chi connectivity index (χ3v) is 6.64. The van der Waals surface area contributed by atoms with Crippen molar-refractivity contribution in [3.05, 3.63) is 33.5 Å². The molecule has 0 spiro atoms. The highest BCUT2D eigenvalue weighted by atomic mass is 32.1. The Morgan fingerprint density at radius 2 is 2.28 bits per heavy atom. The molecule has 6 nitrogen and oxygen atoms in total. The van der Waals surface area contributed by atoms with Gasteiger partial charge in [0.1, 0.15) is 0 Å². The normalized spacial score (nSPS) is 25.8. The van der Waals surface area contributed by atoms with Crippen LogP contribution in [-0.4, -0.2) is 45.7 Å². The van der Waals surface area contributed by atoms with E-state index < -0.39 is 0 Å². The van der Waals surface area contributed by atoms with Gasteiger partial charge in [0.15, 0.2) is 0 Å². The summed E-state index contributed by atoms with van der Waals surface area (Å²) < 4.78 is 1.81. The van der Waals surface area contributed by atoms with Gasteiger partial charge in [-0.1, -0.05) is 0 Å². The molecule has 0 radical (unpaired) electrons. The van der Waals surface area contributed by atoms with E-state index in [2.05, 4.69) is 22.3 Å². The van der Waals surface area contributed by atoms with Gasteiger partial charge in [-0.05, 0) is 31.7 Å². The number of nitrogens with one attached hydrogen (secondary N) is 1. The third-order valence-electron chi connectivity index (χ3n) is 5.53. The Morgan fingerprint density at radius 3 is 3.04 bits per heavy atom. The Hall–Kier alpha value is -1.73. The second kappa shape index (κ2) is 6.53. The SMILES string of the molecule is Cc1nc2c(s1)C(N(C)C(=O)[C@H]1CNC[C@@H]1c1cnn(C)c1)CCC2. The van der Waals surface area contributed by atoms with Crippen LogP contribution in [0.1, 0.15) is 45.9 Å². The van der Waals surface area contributed by atoms with Crippen molar-refractivity contribution in [2.24, 2.45) is 13.0 Å². The van der Waals surface area contributed by atoms with Crippen LogP contribution in [0.3, 0.4) is 0 Å². The Balaban J connectivity index is 1.56. The number of hydrogen-bond acceptors (Lipinski definition) is 5. The molecule has 2 aliphatic rings.